The third kappa shape index (κ3) is 7.36. The van der Waals surface area contributed by atoms with Gasteiger partial charge in [-0.1, -0.05) is 79.4 Å². The molecule has 2 amide bonds. The van der Waals surface area contributed by atoms with Crippen molar-refractivity contribution >= 4 is 27.5 Å². The Hall–Kier alpha value is -3.65. The average Bonchev–Trinajstić information content (AvgIpc) is 2.96. The third-order valence-corrected chi connectivity index (χ3v) is 9.77. The predicted molar refractivity (Wildman–Crippen MR) is 163 cm³/mol. The molecule has 0 saturated heterocycles. The van der Waals surface area contributed by atoms with Gasteiger partial charge in [0, 0.05) is 12.6 Å². The molecule has 218 valence electrons. The van der Waals surface area contributed by atoms with Gasteiger partial charge in [-0.15, -0.1) is 0 Å². The van der Waals surface area contributed by atoms with E-state index in [2.05, 4.69) is 5.32 Å². The van der Waals surface area contributed by atoms with Gasteiger partial charge in [0.2, 0.25) is 11.8 Å². The average molecular weight is 576 g/mol. The molecule has 3 aromatic carbocycles. The maximum atomic E-state index is 14.2. The normalized spacial score (nSPS) is 14.7. The minimum Gasteiger partial charge on any atom is -0.352 e. The summed E-state index contributed by atoms with van der Waals surface area (Å²) < 4.78 is 29.2. The van der Waals surface area contributed by atoms with E-state index in [9.17, 15) is 18.0 Å². The first-order valence-corrected chi connectivity index (χ1v) is 15.8. The van der Waals surface area contributed by atoms with Crippen LogP contribution in [0.15, 0.2) is 77.7 Å². The van der Waals surface area contributed by atoms with Crippen LogP contribution in [0.4, 0.5) is 5.69 Å². The molecule has 0 bridgehead atoms. The van der Waals surface area contributed by atoms with Gasteiger partial charge in [0.25, 0.3) is 10.0 Å². The first-order chi connectivity index (χ1) is 19.6. The Labute approximate surface area is 244 Å². The molecule has 4 rings (SSSR count). The smallest absolute Gasteiger partial charge is 0.264 e. The van der Waals surface area contributed by atoms with E-state index in [1.165, 1.54) is 15.6 Å². The zero-order valence-corrected chi connectivity index (χ0v) is 25.3. The van der Waals surface area contributed by atoms with Crippen molar-refractivity contribution in [1.29, 1.82) is 0 Å². The fraction of sp³-hybridized carbons (Fsp3) is 0.394. The SMILES string of the molecule is Cc1ccc(S(=O)(=O)N(CC(=O)N(Cc2ccccc2C)C(C)C(=O)NC2CCCCC2)c2ccccc2C)cc1. The van der Waals surface area contributed by atoms with Gasteiger partial charge in [-0.25, -0.2) is 8.42 Å². The lowest BCUT2D eigenvalue weighted by Gasteiger charge is -2.34. The molecule has 0 aliphatic heterocycles. The maximum absolute atomic E-state index is 14.2. The number of anilines is 1. The van der Waals surface area contributed by atoms with Crippen molar-refractivity contribution in [3.63, 3.8) is 0 Å². The van der Waals surface area contributed by atoms with Gasteiger partial charge >= 0.3 is 0 Å². The van der Waals surface area contributed by atoms with Gasteiger partial charge in [0.15, 0.2) is 0 Å². The Kier molecular flexibility index (Phi) is 9.86. The number of aryl methyl sites for hydroxylation is 3. The lowest BCUT2D eigenvalue weighted by molar-refractivity contribution is -0.139. The Morgan fingerprint density at radius 1 is 0.854 bits per heavy atom. The number of para-hydroxylation sites is 1. The van der Waals surface area contributed by atoms with Crippen LogP contribution in [0.5, 0.6) is 0 Å². The van der Waals surface area contributed by atoms with Gasteiger partial charge in [-0.05, 0) is 75.4 Å². The summed E-state index contributed by atoms with van der Waals surface area (Å²) in [6.07, 6.45) is 5.19. The van der Waals surface area contributed by atoms with Gasteiger partial charge in [-0.3, -0.25) is 13.9 Å². The van der Waals surface area contributed by atoms with Crippen molar-refractivity contribution in [2.75, 3.05) is 10.8 Å². The molecule has 0 spiro atoms. The van der Waals surface area contributed by atoms with E-state index in [0.717, 1.165) is 47.9 Å². The standard InChI is InChI=1S/C33H41N3O4S/c1-24-18-20-30(21-19-24)41(39,40)36(31-17-11-9-13-26(31)3)23-32(37)35(22-28-14-10-8-12-25(28)2)27(4)33(38)34-29-15-6-5-7-16-29/h8-14,17-21,27,29H,5-7,15-16,22-23H2,1-4H3,(H,34,38). The Morgan fingerprint density at radius 3 is 2.10 bits per heavy atom. The number of amides is 2. The van der Waals surface area contributed by atoms with Crippen molar-refractivity contribution in [3.8, 4) is 0 Å². The molecule has 1 N–H and O–H groups in total. The number of carbonyl (C=O) groups is 2. The molecule has 0 heterocycles. The number of benzene rings is 3. The van der Waals surface area contributed by atoms with Gasteiger partial charge in [0.1, 0.15) is 12.6 Å². The fourth-order valence-corrected chi connectivity index (χ4v) is 6.80. The first-order valence-electron chi connectivity index (χ1n) is 14.4. The number of hydrogen-bond donors (Lipinski definition) is 1. The highest BCUT2D eigenvalue weighted by Crippen LogP contribution is 2.28. The van der Waals surface area contributed by atoms with Crippen LogP contribution < -0.4 is 9.62 Å². The minimum absolute atomic E-state index is 0.0968. The number of nitrogens with zero attached hydrogens (tertiary/aromatic N) is 2. The lowest BCUT2D eigenvalue weighted by Crippen LogP contribution is -2.53. The molecule has 1 unspecified atom stereocenters. The second kappa shape index (κ2) is 13.3. The highest BCUT2D eigenvalue weighted by molar-refractivity contribution is 7.92. The van der Waals surface area contributed by atoms with Gasteiger partial charge in [0.05, 0.1) is 10.6 Å². The second-order valence-corrected chi connectivity index (χ2v) is 12.9. The van der Waals surface area contributed by atoms with Crippen LogP contribution in [0.25, 0.3) is 0 Å². The quantitative estimate of drug-likeness (QED) is 0.337. The largest absolute Gasteiger partial charge is 0.352 e. The van der Waals surface area contributed by atoms with Crippen molar-refractivity contribution in [3.05, 3.63) is 95.1 Å². The van der Waals surface area contributed by atoms with Crippen LogP contribution in [0.1, 0.15) is 61.3 Å². The molecule has 1 atom stereocenters. The Balaban J connectivity index is 1.69. The van der Waals surface area contributed by atoms with Crippen LogP contribution in [0, 0.1) is 20.8 Å². The van der Waals surface area contributed by atoms with Crippen LogP contribution in [0.3, 0.4) is 0 Å². The van der Waals surface area contributed by atoms with E-state index in [1.807, 2.05) is 57.2 Å². The first kappa shape index (κ1) is 30.3. The molecule has 3 aromatic rings. The van der Waals surface area contributed by atoms with E-state index in [4.69, 9.17) is 0 Å². The predicted octanol–water partition coefficient (Wildman–Crippen LogP) is 5.67. The van der Waals surface area contributed by atoms with E-state index >= 15 is 0 Å². The molecule has 8 heteroatoms. The summed E-state index contributed by atoms with van der Waals surface area (Å²) in [7, 11) is -4.09. The van der Waals surface area contributed by atoms with Crippen LogP contribution in [-0.2, 0) is 26.2 Å². The number of rotatable bonds is 10. The number of carbonyl (C=O) groups excluding carboxylic acids is 2. The maximum Gasteiger partial charge on any atom is 0.264 e. The summed E-state index contributed by atoms with van der Waals surface area (Å²) in [5.74, 6) is -0.666. The topological polar surface area (TPSA) is 86.8 Å². The molecular weight excluding hydrogens is 534 g/mol. The minimum atomic E-state index is -4.09. The molecule has 1 aliphatic carbocycles. The summed E-state index contributed by atoms with van der Waals surface area (Å²) in [6, 6.07) is 20.8. The molecule has 0 radical (unpaired) electrons. The fourth-order valence-electron chi connectivity index (χ4n) is 5.32. The van der Waals surface area contributed by atoms with E-state index < -0.39 is 28.5 Å². The zero-order chi connectivity index (χ0) is 29.6. The Bertz CT molecular complexity index is 1460. The van der Waals surface area contributed by atoms with Crippen LogP contribution >= 0.6 is 0 Å². The molecule has 1 aliphatic rings. The van der Waals surface area contributed by atoms with Crippen molar-refractivity contribution in [1.82, 2.24) is 10.2 Å². The highest BCUT2D eigenvalue weighted by atomic mass is 32.2. The molecule has 1 fully saturated rings. The van der Waals surface area contributed by atoms with Crippen LogP contribution in [0.2, 0.25) is 0 Å². The van der Waals surface area contributed by atoms with Crippen molar-refractivity contribution in [2.24, 2.45) is 0 Å². The van der Waals surface area contributed by atoms with Crippen molar-refractivity contribution in [2.45, 2.75) is 83.3 Å². The van der Waals surface area contributed by atoms with E-state index in [-0.39, 0.29) is 23.4 Å². The van der Waals surface area contributed by atoms with Crippen molar-refractivity contribution < 1.29 is 18.0 Å². The zero-order valence-electron chi connectivity index (χ0n) is 24.5. The summed E-state index contributed by atoms with van der Waals surface area (Å²) >= 11 is 0. The van der Waals surface area contributed by atoms with E-state index in [1.54, 1.807) is 43.3 Å². The molecule has 41 heavy (non-hydrogen) atoms. The molecule has 0 aromatic heterocycles. The summed E-state index contributed by atoms with van der Waals surface area (Å²) in [5.41, 5.74) is 3.99. The van der Waals surface area contributed by atoms with E-state index in [0.29, 0.717) is 5.69 Å². The molecule has 1 saturated carbocycles. The third-order valence-electron chi connectivity index (χ3n) is 7.99. The second-order valence-electron chi connectivity index (χ2n) is 11.1. The summed E-state index contributed by atoms with van der Waals surface area (Å²) in [4.78, 5) is 29.2. The summed E-state index contributed by atoms with van der Waals surface area (Å²) in [5, 5.41) is 3.15. The number of nitrogens with one attached hydrogen (secondary N) is 1. The highest BCUT2D eigenvalue weighted by Gasteiger charge is 2.33. The Morgan fingerprint density at radius 2 is 1.46 bits per heavy atom. The number of sulfonamides is 1. The number of hydrogen-bond acceptors (Lipinski definition) is 4. The summed E-state index contributed by atoms with van der Waals surface area (Å²) in [6.45, 7) is 7.16. The lowest BCUT2D eigenvalue weighted by atomic mass is 9.95. The van der Waals surface area contributed by atoms with Crippen LogP contribution in [-0.4, -0.2) is 43.8 Å². The molecule has 7 nitrogen and oxygen atoms in total. The van der Waals surface area contributed by atoms with Gasteiger partial charge < -0.3 is 10.2 Å². The van der Waals surface area contributed by atoms with Gasteiger partial charge in [-0.2, -0.15) is 0 Å². The molecular formula is C33H41N3O4S. The monoisotopic (exact) mass is 575 g/mol.